The number of aryl methyl sites for hydroxylation is 3. The van der Waals surface area contributed by atoms with Gasteiger partial charge in [-0.15, -0.1) is 0 Å². The summed E-state index contributed by atoms with van der Waals surface area (Å²) in [4.78, 5) is 0. The third-order valence-corrected chi connectivity index (χ3v) is 4.46. The second-order valence-electron chi connectivity index (χ2n) is 4.89. The van der Waals surface area contributed by atoms with Crippen molar-refractivity contribution in [1.82, 2.24) is 0 Å². The molecule has 0 spiro atoms. The lowest BCUT2D eigenvalue weighted by atomic mass is 10.1. The van der Waals surface area contributed by atoms with Crippen LogP contribution in [0.4, 0.5) is 5.69 Å². The van der Waals surface area contributed by atoms with Gasteiger partial charge < -0.3 is 5.32 Å². The van der Waals surface area contributed by atoms with E-state index in [2.05, 4.69) is 88.3 Å². The van der Waals surface area contributed by atoms with E-state index in [1.165, 1.54) is 22.3 Å². The van der Waals surface area contributed by atoms with Crippen LogP contribution in [0.25, 0.3) is 0 Å². The molecule has 0 unspecified atom stereocenters. The lowest BCUT2D eigenvalue weighted by Gasteiger charge is -2.14. The van der Waals surface area contributed by atoms with E-state index in [4.69, 9.17) is 0 Å². The van der Waals surface area contributed by atoms with Crippen molar-refractivity contribution < 1.29 is 0 Å². The summed E-state index contributed by atoms with van der Waals surface area (Å²) >= 11 is 7.24. The SMILES string of the molecule is Cc1ccc(CNc2c(C)cc(C)cc2Br)c(Br)c1. The monoisotopic (exact) mass is 381 g/mol. The lowest BCUT2D eigenvalue weighted by Crippen LogP contribution is -2.03. The summed E-state index contributed by atoms with van der Waals surface area (Å²) in [5.41, 5.74) is 6.22. The smallest absolute Gasteiger partial charge is 0.0517 e. The molecule has 0 aliphatic rings. The normalized spacial score (nSPS) is 10.6. The van der Waals surface area contributed by atoms with Gasteiger partial charge in [-0.05, 0) is 71.1 Å². The second kappa shape index (κ2) is 6.10. The third-order valence-electron chi connectivity index (χ3n) is 3.10. The predicted octanol–water partition coefficient (Wildman–Crippen LogP) is 5.75. The summed E-state index contributed by atoms with van der Waals surface area (Å²) in [5.74, 6) is 0. The van der Waals surface area contributed by atoms with Gasteiger partial charge in [0.25, 0.3) is 0 Å². The van der Waals surface area contributed by atoms with Crippen LogP contribution in [0, 0.1) is 20.8 Å². The van der Waals surface area contributed by atoms with Crippen molar-refractivity contribution in [2.24, 2.45) is 0 Å². The van der Waals surface area contributed by atoms with E-state index < -0.39 is 0 Å². The molecule has 0 aromatic heterocycles. The molecule has 2 aromatic carbocycles. The maximum Gasteiger partial charge on any atom is 0.0517 e. The highest BCUT2D eigenvalue weighted by Gasteiger charge is 2.06. The first kappa shape index (κ1) is 14.6. The summed E-state index contributed by atoms with van der Waals surface area (Å²) in [7, 11) is 0. The molecule has 0 saturated heterocycles. The highest BCUT2D eigenvalue weighted by atomic mass is 79.9. The zero-order valence-corrected chi connectivity index (χ0v) is 14.5. The predicted molar refractivity (Wildman–Crippen MR) is 89.8 cm³/mol. The fourth-order valence-electron chi connectivity index (χ4n) is 2.12. The number of nitrogens with one attached hydrogen (secondary N) is 1. The van der Waals surface area contributed by atoms with Crippen molar-refractivity contribution in [3.63, 3.8) is 0 Å². The highest BCUT2D eigenvalue weighted by molar-refractivity contribution is 9.11. The fraction of sp³-hybridized carbons (Fsp3) is 0.250. The molecular formula is C16H17Br2N. The molecule has 0 bridgehead atoms. The van der Waals surface area contributed by atoms with Crippen LogP contribution in [0.2, 0.25) is 0 Å². The van der Waals surface area contributed by atoms with Gasteiger partial charge in [-0.1, -0.05) is 34.1 Å². The van der Waals surface area contributed by atoms with Crippen molar-refractivity contribution in [1.29, 1.82) is 0 Å². The number of hydrogen-bond donors (Lipinski definition) is 1. The Balaban J connectivity index is 2.19. The van der Waals surface area contributed by atoms with Gasteiger partial charge in [-0.25, -0.2) is 0 Å². The van der Waals surface area contributed by atoms with Gasteiger partial charge in [-0.3, -0.25) is 0 Å². The first-order valence-corrected chi connectivity index (χ1v) is 7.81. The summed E-state index contributed by atoms with van der Waals surface area (Å²) in [5, 5.41) is 3.51. The first-order chi connectivity index (χ1) is 8.97. The Morgan fingerprint density at radius 3 is 2.21 bits per heavy atom. The van der Waals surface area contributed by atoms with Gasteiger partial charge in [0.1, 0.15) is 0 Å². The van der Waals surface area contributed by atoms with Crippen molar-refractivity contribution in [2.45, 2.75) is 27.3 Å². The Labute approximate surface area is 131 Å². The van der Waals surface area contributed by atoms with Crippen LogP contribution in [0.1, 0.15) is 22.3 Å². The molecule has 1 N–H and O–H groups in total. The van der Waals surface area contributed by atoms with Gasteiger partial charge in [-0.2, -0.15) is 0 Å². The van der Waals surface area contributed by atoms with Crippen LogP contribution in [0.15, 0.2) is 39.3 Å². The molecule has 3 heteroatoms. The minimum atomic E-state index is 0.809. The van der Waals surface area contributed by atoms with E-state index >= 15 is 0 Å². The number of halogens is 2. The molecule has 0 amide bonds. The standard InChI is InChI=1S/C16H17Br2N/c1-10-4-5-13(14(17)7-10)9-19-16-12(3)6-11(2)8-15(16)18/h4-8,19H,9H2,1-3H3. The van der Waals surface area contributed by atoms with Crippen LogP contribution in [0.5, 0.6) is 0 Å². The molecule has 1 nitrogen and oxygen atoms in total. The molecule has 0 radical (unpaired) electrons. The molecule has 0 aliphatic carbocycles. The van der Waals surface area contributed by atoms with E-state index in [0.717, 1.165) is 21.2 Å². The Kier molecular flexibility index (Phi) is 4.69. The third kappa shape index (κ3) is 3.61. The van der Waals surface area contributed by atoms with E-state index in [1.807, 2.05) is 0 Å². The highest BCUT2D eigenvalue weighted by Crippen LogP contribution is 2.29. The minimum Gasteiger partial charge on any atom is -0.380 e. The topological polar surface area (TPSA) is 12.0 Å². The van der Waals surface area contributed by atoms with E-state index in [1.54, 1.807) is 0 Å². The molecular weight excluding hydrogens is 366 g/mol. The van der Waals surface area contributed by atoms with Gasteiger partial charge in [0.15, 0.2) is 0 Å². The molecule has 2 rings (SSSR count). The summed E-state index contributed by atoms with van der Waals surface area (Å²) in [6.45, 7) is 7.15. The summed E-state index contributed by atoms with van der Waals surface area (Å²) < 4.78 is 2.27. The van der Waals surface area contributed by atoms with Crippen molar-refractivity contribution >= 4 is 37.5 Å². The molecule has 0 saturated carbocycles. The summed E-state index contributed by atoms with van der Waals surface area (Å²) in [6, 6.07) is 10.8. The minimum absolute atomic E-state index is 0.809. The first-order valence-electron chi connectivity index (χ1n) is 6.23. The van der Waals surface area contributed by atoms with Crippen LogP contribution >= 0.6 is 31.9 Å². The van der Waals surface area contributed by atoms with Crippen molar-refractivity contribution in [2.75, 3.05) is 5.32 Å². The molecule has 19 heavy (non-hydrogen) atoms. The number of benzene rings is 2. The molecule has 0 atom stereocenters. The van der Waals surface area contributed by atoms with Crippen molar-refractivity contribution in [3.05, 3.63) is 61.5 Å². The largest absolute Gasteiger partial charge is 0.380 e. The van der Waals surface area contributed by atoms with Crippen molar-refractivity contribution in [3.8, 4) is 0 Å². The zero-order valence-electron chi connectivity index (χ0n) is 11.3. The molecule has 100 valence electrons. The van der Waals surface area contributed by atoms with Crippen LogP contribution in [0.3, 0.4) is 0 Å². The maximum atomic E-state index is 3.63. The van der Waals surface area contributed by atoms with E-state index in [0.29, 0.717) is 0 Å². The van der Waals surface area contributed by atoms with Crippen LogP contribution < -0.4 is 5.32 Å². The Morgan fingerprint density at radius 2 is 1.58 bits per heavy atom. The molecule has 0 aliphatic heterocycles. The van der Waals surface area contributed by atoms with Crippen LogP contribution in [-0.4, -0.2) is 0 Å². The molecule has 0 fully saturated rings. The Morgan fingerprint density at radius 1 is 0.895 bits per heavy atom. The van der Waals surface area contributed by atoms with E-state index in [-0.39, 0.29) is 0 Å². The van der Waals surface area contributed by atoms with Gasteiger partial charge in [0, 0.05) is 15.5 Å². The van der Waals surface area contributed by atoms with Gasteiger partial charge >= 0.3 is 0 Å². The Hall–Kier alpha value is -0.800. The zero-order chi connectivity index (χ0) is 14.0. The Bertz CT molecular complexity index is 583. The fourth-order valence-corrected chi connectivity index (χ4v) is 3.57. The number of hydrogen-bond acceptors (Lipinski definition) is 1. The number of rotatable bonds is 3. The number of anilines is 1. The van der Waals surface area contributed by atoms with E-state index in [9.17, 15) is 0 Å². The molecule has 2 aromatic rings. The molecule has 0 heterocycles. The maximum absolute atomic E-state index is 3.63. The second-order valence-corrected chi connectivity index (χ2v) is 6.60. The summed E-state index contributed by atoms with van der Waals surface area (Å²) in [6.07, 6.45) is 0. The van der Waals surface area contributed by atoms with Gasteiger partial charge in [0.05, 0.1) is 5.69 Å². The van der Waals surface area contributed by atoms with Crippen LogP contribution in [-0.2, 0) is 6.54 Å². The quantitative estimate of drug-likeness (QED) is 0.712. The average molecular weight is 383 g/mol. The lowest BCUT2D eigenvalue weighted by molar-refractivity contribution is 1.12. The van der Waals surface area contributed by atoms with Gasteiger partial charge in [0.2, 0.25) is 0 Å². The average Bonchev–Trinajstić information content (AvgIpc) is 2.30.